The molecule has 1 aliphatic rings. The average molecular weight is 413 g/mol. The number of methoxy groups -OCH3 is 2. The molecule has 28 heavy (non-hydrogen) atoms. The lowest BCUT2D eigenvalue weighted by Crippen LogP contribution is -2.43. The zero-order chi connectivity index (χ0) is 20.7. The Balaban J connectivity index is 2.09. The van der Waals surface area contributed by atoms with E-state index in [0.29, 0.717) is 13.0 Å². The van der Waals surface area contributed by atoms with Gasteiger partial charge in [0.25, 0.3) is 5.91 Å². The molecule has 0 radical (unpaired) electrons. The van der Waals surface area contributed by atoms with Gasteiger partial charge in [-0.3, -0.25) is 4.79 Å². The molecule has 1 saturated heterocycles. The van der Waals surface area contributed by atoms with Gasteiger partial charge in [-0.15, -0.1) is 0 Å². The second-order valence-corrected chi connectivity index (χ2v) is 8.84. The van der Waals surface area contributed by atoms with E-state index in [9.17, 15) is 18.0 Å². The molecule has 1 fully saturated rings. The lowest BCUT2D eigenvalue weighted by molar-refractivity contribution is -0.136. The average Bonchev–Trinajstić information content (AvgIpc) is 3.04. The maximum absolute atomic E-state index is 12.7. The van der Waals surface area contributed by atoms with Crippen LogP contribution in [0, 0.1) is 0 Å². The van der Waals surface area contributed by atoms with Crippen LogP contribution in [0.15, 0.2) is 18.2 Å². The van der Waals surface area contributed by atoms with Gasteiger partial charge in [0, 0.05) is 12.6 Å². The highest BCUT2D eigenvalue weighted by molar-refractivity contribution is 7.91. The first kappa shape index (κ1) is 22.0. The van der Waals surface area contributed by atoms with E-state index < -0.39 is 28.3 Å². The van der Waals surface area contributed by atoms with Gasteiger partial charge in [0.1, 0.15) is 17.1 Å². The second-order valence-electron chi connectivity index (χ2n) is 6.61. The predicted molar refractivity (Wildman–Crippen MR) is 104 cm³/mol. The number of nitrogens with zero attached hydrogens (tertiary/aromatic N) is 1. The third-order valence-corrected chi connectivity index (χ3v) is 6.43. The summed E-state index contributed by atoms with van der Waals surface area (Å²) in [5, 5.41) is 0. The number of esters is 1. The largest absolute Gasteiger partial charge is 0.496 e. The number of hydrogen-bond acceptors (Lipinski definition) is 7. The van der Waals surface area contributed by atoms with Crippen LogP contribution < -0.4 is 9.47 Å². The summed E-state index contributed by atoms with van der Waals surface area (Å²) in [4.78, 5) is 26.7. The normalized spacial score (nSPS) is 17.8. The van der Waals surface area contributed by atoms with Crippen LogP contribution in [-0.2, 0) is 19.4 Å². The monoisotopic (exact) mass is 413 g/mol. The third kappa shape index (κ3) is 5.37. The molecule has 0 saturated carbocycles. The van der Waals surface area contributed by atoms with Gasteiger partial charge in [-0.1, -0.05) is 19.4 Å². The fourth-order valence-electron chi connectivity index (χ4n) is 3.20. The Bertz CT molecular complexity index is 784. The van der Waals surface area contributed by atoms with Gasteiger partial charge in [0.15, 0.2) is 16.4 Å². The van der Waals surface area contributed by atoms with Crippen molar-refractivity contribution in [1.29, 1.82) is 0 Å². The molecule has 9 heteroatoms. The lowest BCUT2D eigenvalue weighted by atomic mass is 10.1. The zero-order valence-electron chi connectivity index (χ0n) is 16.5. The Morgan fingerprint density at radius 3 is 2.32 bits per heavy atom. The van der Waals surface area contributed by atoms with Crippen molar-refractivity contribution >= 4 is 21.7 Å². The fourth-order valence-corrected chi connectivity index (χ4v) is 4.93. The SMILES string of the molecule is CCCCN(C(=O)COC(=O)c1c(OC)cccc1OC)[C@@H]1CCS(=O)(=O)C1. The molecule has 0 bridgehead atoms. The molecule has 1 aromatic carbocycles. The third-order valence-electron chi connectivity index (χ3n) is 4.68. The number of unbranched alkanes of at least 4 members (excludes halogenated alkanes) is 1. The number of carbonyl (C=O) groups is 2. The number of hydrogen-bond donors (Lipinski definition) is 0. The van der Waals surface area contributed by atoms with E-state index in [2.05, 4.69) is 0 Å². The van der Waals surface area contributed by atoms with Crippen LogP contribution in [0.4, 0.5) is 0 Å². The van der Waals surface area contributed by atoms with Crippen LogP contribution in [0.1, 0.15) is 36.5 Å². The molecular formula is C19H27NO7S. The van der Waals surface area contributed by atoms with Crippen molar-refractivity contribution in [2.24, 2.45) is 0 Å². The van der Waals surface area contributed by atoms with Gasteiger partial charge in [0.05, 0.1) is 25.7 Å². The predicted octanol–water partition coefficient (Wildman–Crippen LogP) is 1.68. The van der Waals surface area contributed by atoms with Gasteiger partial charge in [-0.2, -0.15) is 0 Å². The van der Waals surface area contributed by atoms with Crippen molar-refractivity contribution in [3.63, 3.8) is 0 Å². The van der Waals surface area contributed by atoms with Crippen LogP contribution in [-0.4, -0.2) is 70.1 Å². The van der Waals surface area contributed by atoms with E-state index in [0.717, 1.165) is 12.8 Å². The van der Waals surface area contributed by atoms with Crippen molar-refractivity contribution < 1.29 is 32.2 Å². The molecule has 0 N–H and O–H groups in total. The Hall–Kier alpha value is -2.29. The van der Waals surface area contributed by atoms with Crippen LogP contribution in [0.25, 0.3) is 0 Å². The molecule has 0 spiro atoms. The maximum Gasteiger partial charge on any atom is 0.346 e. The van der Waals surface area contributed by atoms with Crippen LogP contribution in [0.3, 0.4) is 0 Å². The summed E-state index contributed by atoms with van der Waals surface area (Å²) in [6.07, 6.45) is 2.02. The quantitative estimate of drug-likeness (QED) is 0.568. The first-order chi connectivity index (χ1) is 13.3. The molecular weight excluding hydrogens is 386 g/mol. The molecule has 156 valence electrons. The topological polar surface area (TPSA) is 99.2 Å². The van der Waals surface area contributed by atoms with E-state index in [1.807, 2.05) is 6.92 Å². The van der Waals surface area contributed by atoms with Gasteiger partial charge in [-0.25, -0.2) is 13.2 Å². The first-order valence-corrected chi connectivity index (χ1v) is 11.0. The van der Waals surface area contributed by atoms with Gasteiger partial charge in [-0.05, 0) is 25.0 Å². The smallest absolute Gasteiger partial charge is 0.346 e. The molecule has 0 aromatic heterocycles. The maximum atomic E-state index is 12.7. The van der Waals surface area contributed by atoms with Crippen molar-refractivity contribution in [2.75, 3.05) is 38.9 Å². The first-order valence-electron chi connectivity index (χ1n) is 9.21. The molecule has 0 unspecified atom stereocenters. The van der Waals surface area contributed by atoms with E-state index >= 15 is 0 Å². The van der Waals surface area contributed by atoms with Crippen LogP contribution in [0.5, 0.6) is 11.5 Å². The molecule has 0 aliphatic carbocycles. The molecule has 8 nitrogen and oxygen atoms in total. The number of carbonyl (C=O) groups excluding carboxylic acids is 2. The van der Waals surface area contributed by atoms with Gasteiger partial charge >= 0.3 is 5.97 Å². The van der Waals surface area contributed by atoms with Crippen molar-refractivity contribution in [3.05, 3.63) is 23.8 Å². The minimum Gasteiger partial charge on any atom is -0.496 e. The number of rotatable bonds is 9. The second kappa shape index (κ2) is 9.77. The number of amides is 1. The summed E-state index contributed by atoms with van der Waals surface area (Å²) >= 11 is 0. The Morgan fingerprint density at radius 1 is 1.18 bits per heavy atom. The standard InChI is InChI=1S/C19H27NO7S/c1-4-5-10-20(14-9-11-28(23,24)13-14)17(21)12-27-19(22)18-15(25-2)7-6-8-16(18)26-3/h6-8,14H,4-5,9-13H2,1-3H3/t14-/m1/s1. The minimum atomic E-state index is -3.13. The highest BCUT2D eigenvalue weighted by atomic mass is 32.2. The lowest BCUT2D eigenvalue weighted by Gasteiger charge is -2.28. The molecule has 1 amide bonds. The Morgan fingerprint density at radius 2 is 1.82 bits per heavy atom. The van der Waals surface area contributed by atoms with E-state index in [-0.39, 0.29) is 34.6 Å². The van der Waals surface area contributed by atoms with Crippen molar-refractivity contribution in [1.82, 2.24) is 4.90 Å². The van der Waals surface area contributed by atoms with E-state index in [1.54, 1.807) is 18.2 Å². The molecule has 1 heterocycles. The summed E-state index contributed by atoms with van der Waals surface area (Å²) in [6.45, 7) is 1.95. The highest BCUT2D eigenvalue weighted by Gasteiger charge is 2.34. The number of benzene rings is 1. The van der Waals surface area contributed by atoms with Crippen LogP contribution in [0.2, 0.25) is 0 Å². The Labute approximate surface area is 165 Å². The van der Waals surface area contributed by atoms with Gasteiger partial charge in [0.2, 0.25) is 0 Å². The van der Waals surface area contributed by atoms with Gasteiger partial charge < -0.3 is 19.1 Å². The molecule has 1 aliphatic heterocycles. The molecule has 1 aromatic rings. The number of sulfone groups is 1. The molecule has 2 rings (SSSR count). The fraction of sp³-hybridized carbons (Fsp3) is 0.579. The summed E-state index contributed by atoms with van der Waals surface area (Å²) in [5.74, 6) is -0.555. The summed E-state index contributed by atoms with van der Waals surface area (Å²) in [5.41, 5.74) is 0.101. The van der Waals surface area contributed by atoms with Crippen LogP contribution >= 0.6 is 0 Å². The summed E-state index contributed by atoms with van der Waals surface area (Å²) in [7, 11) is -0.285. The van der Waals surface area contributed by atoms with Crippen molar-refractivity contribution in [2.45, 2.75) is 32.2 Å². The minimum absolute atomic E-state index is 0.0449. The van der Waals surface area contributed by atoms with E-state index in [1.165, 1.54) is 19.1 Å². The Kier molecular flexibility index (Phi) is 7.68. The zero-order valence-corrected chi connectivity index (χ0v) is 17.3. The number of ether oxygens (including phenoxy) is 3. The summed E-state index contributed by atoms with van der Waals surface area (Å²) < 4.78 is 39.1. The summed E-state index contributed by atoms with van der Waals surface area (Å²) in [6, 6.07) is 4.49. The highest BCUT2D eigenvalue weighted by Crippen LogP contribution is 2.29. The molecule has 1 atom stereocenters. The van der Waals surface area contributed by atoms with Crippen molar-refractivity contribution in [3.8, 4) is 11.5 Å². The van der Waals surface area contributed by atoms with E-state index in [4.69, 9.17) is 14.2 Å².